The summed E-state index contributed by atoms with van der Waals surface area (Å²) in [5.41, 5.74) is 1.80. The Labute approximate surface area is 169 Å². The van der Waals surface area contributed by atoms with E-state index in [1.54, 1.807) is 29.5 Å². The van der Waals surface area contributed by atoms with Crippen LogP contribution in [0.4, 0.5) is 0 Å². The number of carbonyl (C=O) groups excluding carboxylic acids is 1. The van der Waals surface area contributed by atoms with Gasteiger partial charge in [-0.15, -0.1) is 11.3 Å². The van der Waals surface area contributed by atoms with Crippen molar-refractivity contribution < 1.29 is 14.3 Å². The first kappa shape index (κ1) is 19.2. The van der Waals surface area contributed by atoms with Gasteiger partial charge in [-0.1, -0.05) is 13.8 Å². The van der Waals surface area contributed by atoms with Crippen molar-refractivity contribution in [2.45, 2.75) is 39.2 Å². The molecule has 150 valence electrons. The third-order valence-electron chi connectivity index (χ3n) is 5.31. The van der Waals surface area contributed by atoms with E-state index in [9.17, 15) is 4.79 Å². The molecule has 7 heteroatoms. The van der Waals surface area contributed by atoms with Gasteiger partial charge in [0.1, 0.15) is 5.01 Å². The van der Waals surface area contributed by atoms with Gasteiger partial charge in [0.05, 0.1) is 12.2 Å². The highest BCUT2D eigenvalue weighted by atomic mass is 32.1. The number of aromatic nitrogens is 1. The van der Waals surface area contributed by atoms with E-state index >= 15 is 0 Å². The summed E-state index contributed by atoms with van der Waals surface area (Å²) in [6.07, 6.45) is 2.31. The highest BCUT2D eigenvalue weighted by molar-refractivity contribution is 7.09. The average molecular weight is 402 g/mol. The van der Waals surface area contributed by atoms with E-state index in [1.807, 2.05) is 0 Å². The predicted molar refractivity (Wildman–Crippen MR) is 109 cm³/mol. The highest BCUT2D eigenvalue weighted by Gasteiger charge is 2.22. The summed E-state index contributed by atoms with van der Waals surface area (Å²) in [6, 6.07) is 5.32. The first-order valence-corrected chi connectivity index (χ1v) is 10.8. The number of amides is 1. The van der Waals surface area contributed by atoms with Gasteiger partial charge in [0, 0.05) is 24.0 Å². The van der Waals surface area contributed by atoms with Crippen LogP contribution in [-0.2, 0) is 6.54 Å². The molecule has 1 atom stereocenters. The first-order valence-electron chi connectivity index (χ1n) is 9.93. The van der Waals surface area contributed by atoms with Crippen molar-refractivity contribution in [1.29, 1.82) is 0 Å². The van der Waals surface area contributed by atoms with E-state index < -0.39 is 0 Å². The number of ether oxygens (including phenoxy) is 2. The summed E-state index contributed by atoms with van der Waals surface area (Å²) < 4.78 is 10.7. The molecule has 4 rings (SSSR count). The zero-order valence-corrected chi connectivity index (χ0v) is 17.3. The number of piperidine rings is 1. The minimum Gasteiger partial charge on any atom is -0.454 e. The van der Waals surface area contributed by atoms with E-state index in [0.29, 0.717) is 35.4 Å². The molecule has 2 aliphatic rings. The second-order valence-corrected chi connectivity index (χ2v) is 8.78. The minimum atomic E-state index is -0.0584. The van der Waals surface area contributed by atoms with Crippen molar-refractivity contribution >= 4 is 17.2 Å². The summed E-state index contributed by atoms with van der Waals surface area (Å²) >= 11 is 1.75. The van der Waals surface area contributed by atoms with E-state index in [2.05, 4.69) is 29.4 Å². The van der Waals surface area contributed by atoms with Crippen molar-refractivity contribution in [1.82, 2.24) is 15.2 Å². The molecule has 1 aromatic heterocycles. The molecule has 6 nitrogen and oxygen atoms in total. The van der Waals surface area contributed by atoms with Gasteiger partial charge < -0.3 is 14.8 Å². The number of hydrogen-bond acceptors (Lipinski definition) is 6. The quantitative estimate of drug-likeness (QED) is 0.801. The second-order valence-electron chi connectivity index (χ2n) is 7.84. The molecule has 3 heterocycles. The van der Waals surface area contributed by atoms with Gasteiger partial charge in [0.2, 0.25) is 6.79 Å². The fourth-order valence-electron chi connectivity index (χ4n) is 3.69. The molecular formula is C21H27N3O3S. The van der Waals surface area contributed by atoms with Gasteiger partial charge in [-0.2, -0.15) is 0 Å². The van der Waals surface area contributed by atoms with E-state index in [4.69, 9.17) is 14.5 Å². The van der Waals surface area contributed by atoms with Crippen molar-refractivity contribution in [2.75, 3.05) is 26.4 Å². The molecule has 1 saturated heterocycles. The Balaban J connectivity index is 1.28. The lowest BCUT2D eigenvalue weighted by Crippen LogP contribution is -2.40. The molecule has 1 N–H and O–H groups in total. The number of nitrogens with zero attached hydrogens (tertiary/aromatic N) is 2. The fraction of sp³-hybridized carbons (Fsp3) is 0.524. The van der Waals surface area contributed by atoms with Crippen LogP contribution in [0.25, 0.3) is 0 Å². The second kappa shape index (κ2) is 8.49. The van der Waals surface area contributed by atoms with Gasteiger partial charge in [-0.3, -0.25) is 9.69 Å². The molecule has 0 unspecified atom stereocenters. The van der Waals surface area contributed by atoms with Gasteiger partial charge in [0.15, 0.2) is 11.5 Å². The Bertz CT molecular complexity index is 836. The summed E-state index contributed by atoms with van der Waals surface area (Å²) in [7, 11) is 0. The van der Waals surface area contributed by atoms with Gasteiger partial charge in [-0.25, -0.2) is 4.98 Å². The van der Waals surface area contributed by atoms with Gasteiger partial charge in [0.25, 0.3) is 5.91 Å². The molecule has 1 fully saturated rings. The van der Waals surface area contributed by atoms with Crippen LogP contribution in [0, 0.1) is 5.92 Å². The number of benzene rings is 1. The van der Waals surface area contributed by atoms with Gasteiger partial charge in [-0.05, 0) is 49.4 Å². The maximum absolute atomic E-state index is 12.5. The molecule has 0 aliphatic carbocycles. The average Bonchev–Trinajstić information content (AvgIpc) is 3.35. The molecular weight excluding hydrogens is 374 g/mol. The smallest absolute Gasteiger partial charge is 0.251 e. The number of fused-ring (bicyclic) bond motifs is 1. The maximum Gasteiger partial charge on any atom is 0.251 e. The highest BCUT2D eigenvalue weighted by Crippen LogP contribution is 2.32. The summed E-state index contributed by atoms with van der Waals surface area (Å²) in [4.78, 5) is 19.7. The van der Waals surface area contributed by atoms with Crippen molar-refractivity contribution in [3.05, 3.63) is 39.8 Å². The normalized spacial score (nSPS) is 19.2. The van der Waals surface area contributed by atoms with Crippen LogP contribution in [0.1, 0.15) is 53.7 Å². The number of carbonyl (C=O) groups is 1. The molecule has 28 heavy (non-hydrogen) atoms. The molecule has 0 bridgehead atoms. The first-order chi connectivity index (χ1) is 13.6. The Morgan fingerprint density at radius 2 is 2.21 bits per heavy atom. The minimum absolute atomic E-state index is 0.0584. The molecule has 1 amide bonds. The van der Waals surface area contributed by atoms with Crippen LogP contribution in [0.3, 0.4) is 0 Å². The number of hydrogen-bond donors (Lipinski definition) is 1. The van der Waals surface area contributed by atoms with E-state index in [1.165, 1.54) is 10.7 Å². The van der Waals surface area contributed by atoms with Crippen LogP contribution in [0.2, 0.25) is 0 Å². The predicted octanol–water partition coefficient (Wildman–Crippen LogP) is 3.64. The number of nitrogens with one attached hydrogen (secondary N) is 1. The van der Waals surface area contributed by atoms with Crippen LogP contribution < -0.4 is 14.8 Å². The van der Waals surface area contributed by atoms with Crippen LogP contribution in [-0.4, -0.2) is 42.2 Å². The Morgan fingerprint density at radius 1 is 1.36 bits per heavy atom. The summed E-state index contributed by atoms with van der Waals surface area (Å²) in [5.74, 6) is 2.22. The Hall–Kier alpha value is -2.12. The summed E-state index contributed by atoms with van der Waals surface area (Å²) in [5, 5.41) is 6.45. The maximum atomic E-state index is 12.5. The third kappa shape index (κ3) is 4.47. The van der Waals surface area contributed by atoms with Crippen molar-refractivity contribution in [3.8, 4) is 11.5 Å². The van der Waals surface area contributed by atoms with Crippen LogP contribution in [0.5, 0.6) is 11.5 Å². The monoisotopic (exact) mass is 401 g/mol. The van der Waals surface area contributed by atoms with Crippen molar-refractivity contribution in [3.63, 3.8) is 0 Å². The standard InChI is InChI=1S/C21H27N3O3S/c1-14(2)17-12-28-20(23-17)11-24-7-3-4-15(10-24)9-22-21(25)16-5-6-18-19(8-16)27-13-26-18/h5-6,8,12,14-15H,3-4,7,9-11,13H2,1-2H3,(H,22,25)/t15-/m1/s1. The lowest BCUT2D eigenvalue weighted by molar-refractivity contribution is 0.0930. The zero-order chi connectivity index (χ0) is 19.5. The van der Waals surface area contributed by atoms with E-state index in [-0.39, 0.29) is 12.7 Å². The lowest BCUT2D eigenvalue weighted by Gasteiger charge is -2.32. The topological polar surface area (TPSA) is 63.7 Å². The Kier molecular flexibility index (Phi) is 5.82. The molecule has 2 aliphatic heterocycles. The Morgan fingerprint density at radius 3 is 3.04 bits per heavy atom. The molecule has 0 spiro atoms. The number of rotatable bonds is 6. The van der Waals surface area contributed by atoms with Gasteiger partial charge >= 0.3 is 0 Å². The van der Waals surface area contributed by atoms with Crippen molar-refractivity contribution in [2.24, 2.45) is 5.92 Å². The largest absolute Gasteiger partial charge is 0.454 e. The number of likely N-dealkylation sites (tertiary alicyclic amines) is 1. The molecule has 0 radical (unpaired) electrons. The molecule has 2 aromatic rings. The third-order valence-corrected chi connectivity index (χ3v) is 6.16. The van der Waals surface area contributed by atoms with E-state index in [0.717, 1.165) is 32.5 Å². The lowest BCUT2D eigenvalue weighted by atomic mass is 9.98. The molecule has 0 saturated carbocycles. The fourth-order valence-corrected chi connectivity index (χ4v) is 4.69. The molecule has 1 aromatic carbocycles. The zero-order valence-electron chi connectivity index (χ0n) is 16.4. The number of thiazole rings is 1. The summed E-state index contributed by atoms with van der Waals surface area (Å²) in [6.45, 7) is 8.28. The SMILES string of the molecule is CC(C)c1csc(CN2CCC[C@H](CNC(=O)c3ccc4c(c3)OCO4)C2)n1. The van der Waals surface area contributed by atoms with Crippen LogP contribution >= 0.6 is 11.3 Å². The van der Waals surface area contributed by atoms with Crippen LogP contribution in [0.15, 0.2) is 23.6 Å².